The lowest BCUT2D eigenvalue weighted by Gasteiger charge is -2.32. The summed E-state index contributed by atoms with van der Waals surface area (Å²) in [6, 6.07) is 10.3. The molecule has 1 aliphatic heterocycles. The van der Waals surface area contributed by atoms with E-state index in [0.29, 0.717) is 17.0 Å². The quantitative estimate of drug-likeness (QED) is 0.621. The summed E-state index contributed by atoms with van der Waals surface area (Å²) >= 11 is 0. The Kier molecular flexibility index (Phi) is 4.67. The van der Waals surface area contributed by atoms with E-state index in [1.54, 1.807) is 30.5 Å². The van der Waals surface area contributed by atoms with Gasteiger partial charge in [-0.1, -0.05) is 12.1 Å². The first kappa shape index (κ1) is 20.4. The van der Waals surface area contributed by atoms with Crippen molar-refractivity contribution >= 4 is 18.1 Å². The van der Waals surface area contributed by atoms with Crippen molar-refractivity contribution in [2.24, 2.45) is 0 Å². The minimum Gasteiger partial charge on any atom is -0.495 e. The zero-order chi connectivity index (χ0) is 21.8. The third-order valence-electron chi connectivity index (χ3n) is 6.19. The second-order valence-corrected chi connectivity index (χ2v) is 8.51. The number of rotatable bonds is 3. The molecule has 0 bridgehead atoms. The number of hydrogen-bond donors (Lipinski definition) is 0. The maximum atomic E-state index is 13.2. The standard InChI is InChI=1S/C22H25BN2O5/c1-14-15(23-29-21(2,3)22(4,5)30-23)9-7-10-16(14)25-19(26)13-17-18(28-6)11-8-12-24(17)20(25)27/h7-13H,1-6H3. The van der Waals surface area contributed by atoms with Gasteiger partial charge in [-0.05, 0) is 63.8 Å². The lowest BCUT2D eigenvalue weighted by atomic mass is 9.76. The molecule has 0 amide bonds. The van der Waals surface area contributed by atoms with Crippen molar-refractivity contribution in [3.8, 4) is 11.4 Å². The van der Waals surface area contributed by atoms with Crippen LogP contribution in [0.5, 0.6) is 5.75 Å². The van der Waals surface area contributed by atoms with Gasteiger partial charge in [-0.15, -0.1) is 0 Å². The fourth-order valence-electron chi connectivity index (χ4n) is 3.69. The summed E-state index contributed by atoms with van der Waals surface area (Å²) in [6.45, 7) is 9.81. The van der Waals surface area contributed by atoms with Gasteiger partial charge in [0.05, 0.1) is 29.5 Å². The van der Waals surface area contributed by atoms with Crippen molar-refractivity contribution in [3.05, 3.63) is 69.0 Å². The second-order valence-electron chi connectivity index (χ2n) is 8.51. The monoisotopic (exact) mass is 408 g/mol. The van der Waals surface area contributed by atoms with Gasteiger partial charge in [0.25, 0.3) is 5.56 Å². The van der Waals surface area contributed by atoms with Crippen molar-refractivity contribution in [2.75, 3.05) is 7.11 Å². The Hall–Kier alpha value is -2.84. The third kappa shape index (κ3) is 2.98. The summed E-state index contributed by atoms with van der Waals surface area (Å²) in [6.07, 6.45) is 1.61. The fourth-order valence-corrected chi connectivity index (χ4v) is 3.69. The first-order valence-electron chi connectivity index (χ1n) is 9.84. The average molecular weight is 408 g/mol. The van der Waals surface area contributed by atoms with Crippen LogP contribution in [0.4, 0.5) is 0 Å². The highest BCUT2D eigenvalue weighted by Gasteiger charge is 2.52. The van der Waals surface area contributed by atoms with Crippen molar-refractivity contribution in [1.29, 1.82) is 0 Å². The van der Waals surface area contributed by atoms with Crippen LogP contribution in [-0.4, -0.2) is 34.4 Å². The van der Waals surface area contributed by atoms with E-state index in [0.717, 1.165) is 15.6 Å². The highest BCUT2D eigenvalue weighted by atomic mass is 16.7. The van der Waals surface area contributed by atoms with Gasteiger partial charge in [0.1, 0.15) is 5.75 Å². The van der Waals surface area contributed by atoms with Crippen LogP contribution < -0.4 is 21.4 Å². The number of fused-ring (bicyclic) bond motifs is 1. The number of ether oxygens (including phenoxy) is 1. The highest BCUT2D eigenvalue weighted by molar-refractivity contribution is 6.62. The molecule has 1 saturated heterocycles. The number of hydrogen-bond acceptors (Lipinski definition) is 5. The molecule has 1 aliphatic rings. The van der Waals surface area contributed by atoms with E-state index in [9.17, 15) is 9.59 Å². The van der Waals surface area contributed by atoms with E-state index in [4.69, 9.17) is 14.0 Å². The molecule has 4 rings (SSSR count). The molecule has 1 fully saturated rings. The summed E-state index contributed by atoms with van der Waals surface area (Å²) in [5.41, 5.74) is 0.572. The molecule has 8 heteroatoms. The molecule has 3 heterocycles. The summed E-state index contributed by atoms with van der Waals surface area (Å²) < 4.78 is 20.2. The van der Waals surface area contributed by atoms with Crippen LogP contribution in [0.3, 0.4) is 0 Å². The van der Waals surface area contributed by atoms with Crippen LogP contribution in [-0.2, 0) is 9.31 Å². The van der Waals surface area contributed by atoms with E-state index in [1.165, 1.54) is 17.6 Å². The molecule has 0 unspecified atom stereocenters. The summed E-state index contributed by atoms with van der Waals surface area (Å²) in [7, 11) is 0.915. The molecule has 3 aromatic rings. The van der Waals surface area contributed by atoms with Gasteiger partial charge in [-0.2, -0.15) is 0 Å². The lowest BCUT2D eigenvalue weighted by molar-refractivity contribution is 0.00578. The topological polar surface area (TPSA) is 71.2 Å². The molecule has 1 aromatic carbocycles. The summed E-state index contributed by atoms with van der Waals surface area (Å²) in [5, 5.41) is 0. The summed E-state index contributed by atoms with van der Waals surface area (Å²) in [4.78, 5) is 26.2. The van der Waals surface area contributed by atoms with Gasteiger partial charge < -0.3 is 14.0 Å². The van der Waals surface area contributed by atoms with Gasteiger partial charge in [-0.3, -0.25) is 9.20 Å². The van der Waals surface area contributed by atoms with E-state index in [-0.39, 0.29) is 0 Å². The van der Waals surface area contributed by atoms with E-state index >= 15 is 0 Å². The minimum absolute atomic E-state index is 0.422. The molecule has 0 radical (unpaired) electrons. The van der Waals surface area contributed by atoms with Crippen molar-refractivity contribution in [2.45, 2.75) is 45.8 Å². The van der Waals surface area contributed by atoms with Gasteiger partial charge in [-0.25, -0.2) is 9.36 Å². The largest absolute Gasteiger partial charge is 0.495 e. The Bertz CT molecular complexity index is 1240. The Morgan fingerprint density at radius 2 is 1.67 bits per heavy atom. The molecule has 0 N–H and O–H groups in total. The zero-order valence-corrected chi connectivity index (χ0v) is 18.1. The van der Waals surface area contributed by atoms with Crippen LogP contribution in [0.25, 0.3) is 11.2 Å². The fraction of sp³-hybridized carbons (Fsp3) is 0.364. The molecule has 0 saturated carbocycles. The Balaban J connectivity index is 1.90. The van der Waals surface area contributed by atoms with Crippen LogP contribution >= 0.6 is 0 Å². The Morgan fingerprint density at radius 1 is 1.00 bits per heavy atom. The first-order valence-corrected chi connectivity index (χ1v) is 9.84. The molecule has 7 nitrogen and oxygen atoms in total. The van der Waals surface area contributed by atoms with Crippen LogP contribution in [0.15, 0.2) is 52.2 Å². The molecule has 0 spiro atoms. The number of methoxy groups -OCH3 is 1. The van der Waals surface area contributed by atoms with Crippen LogP contribution in [0.1, 0.15) is 33.3 Å². The second kappa shape index (κ2) is 6.85. The number of pyridine rings is 1. The first-order chi connectivity index (χ1) is 14.1. The smallest absolute Gasteiger partial charge is 0.495 e. The third-order valence-corrected chi connectivity index (χ3v) is 6.19. The maximum Gasteiger partial charge on any atom is 0.495 e. The van der Waals surface area contributed by atoms with E-state index in [2.05, 4.69) is 0 Å². The van der Waals surface area contributed by atoms with Gasteiger partial charge in [0, 0.05) is 12.3 Å². The Morgan fingerprint density at radius 3 is 2.30 bits per heavy atom. The van der Waals surface area contributed by atoms with Crippen LogP contribution in [0.2, 0.25) is 0 Å². The number of aromatic nitrogens is 2. The molecule has 2 aromatic heterocycles. The number of nitrogens with zero attached hydrogens (tertiary/aromatic N) is 2. The SMILES string of the molecule is COc1cccn2c(=O)n(-c3cccc(B4OC(C)(C)C(C)(C)O4)c3C)c(=O)cc12. The maximum absolute atomic E-state index is 13.2. The van der Waals surface area contributed by atoms with Gasteiger partial charge in [0.15, 0.2) is 0 Å². The molecular weight excluding hydrogens is 383 g/mol. The average Bonchev–Trinajstić information content (AvgIpc) is 2.89. The molecule has 30 heavy (non-hydrogen) atoms. The van der Waals surface area contributed by atoms with Crippen molar-refractivity contribution < 1.29 is 14.0 Å². The highest BCUT2D eigenvalue weighted by Crippen LogP contribution is 2.36. The normalized spacial score (nSPS) is 17.5. The molecule has 156 valence electrons. The molecular formula is C22H25BN2O5. The van der Waals surface area contributed by atoms with Crippen molar-refractivity contribution in [1.82, 2.24) is 8.97 Å². The zero-order valence-electron chi connectivity index (χ0n) is 18.1. The lowest BCUT2D eigenvalue weighted by Crippen LogP contribution is -2.41. The predicted octanol–water partition coefficient (Wildman–Crippen LogP) is 2.07. The van der Waals surface area contributed by atoms with Crippen molar-refractivity contribution in [3.63, 3.8) is 0 Å². The molecule has 0 aliphatic carbocycles. The Labute approximate surface area is 175 Å². The predicted molar refractivity (Wildman–Crippen MR) is 116 cm³/mol. The minimum atomic E-state index is -0.589. The van der Waals surface area contributed by atoms with E-state index in [1.807, 2.05) is 40.7 Å². The van der Waals surface area contributed by atoms with Crippen LogP contribution in [0, 0.1) is 6.92 Å². The number of benzene rings is 1. The van der Waals surface area contributed by atoms with Gasteiger partial charge in [0.2, 0.25) is 0 Å². The summed E-state index contributed by atoms with van der Waals surface area (Å²) in [5.74, 6) is 0.460. The van der Waals surface area contributed by atoms with E-state index < -0.39 is 29.6 Å². The molecule has 0 atom stereocenters. The van der Waals surface area contributed by atoms with Gasteiger partial charge >= 0.3 is 12.8 Å².